The number of anilines is 1. The van der Waals surface area contributed by atoms with Crippen molar-refractivity contribution in [1.29, 1.82) is 0 Å². The van der Waals surface area contributed by atoms with E-state index in [9.17, 15) is 0 Å². The molecule has 180 valence electrons. The average molecular weight is 494 g/mol. The molecule has 0 aliphatic heterocycles. The van der Waals surface area contributed by atoms with Crippen molar-refractivity contribution >= 4 is 39.5 Å². The van der Waals surface area contributed by atoms with Gasteiger partial charge in [0.25, 0.3) is 0 Å². The van der Waals surface area contributed by atoms with Gasteiger partial charge in [-0.3, -0.25) is 0 Å². The zero-order valence-corrected chi connectivity index (χ0v) is 21.2. The summed E-state index contributed by atoms with van der Waals surface area (Å²) in [5.41, 5.74) is 5.59. The normalized spacial score (nSPS) is 12.9. The van der Waals surface area contributed by atoms with Crippen LogP contribution in [0.2, 0.25) is 0 Å². The Morgan fingerprint density at radius 2 is 1.97 bits per heavy atom. The van der Waals surface area contributed by atoms with Crippen LogP contribution in [0.3, 0.4) is 0 Å². The second kappa shape index (κ2) is 9.59. The van der Waals surface area contributed by atoms with E-state index >= 15 is 0 Å². The van der Waals surface area contributed by atoms with Crippen LogP contribution in [0.5, 0.6) is 5.75 Å². The van der Waals surface area contributed by atoms with Crippen LogP contribution in [0.15, 0.2) is 61.1 Å². The molecule has 2 aromatic carbocycles. The van der Waals surface area contributed by atoms with Crippen molar-refractivity contribution in [1.82, 2.24) is 19.5 Å². The number of thiophene rings is 1. The SMILES string of the molecule is COc1cc(/C=C/c2nc(NCc3ccccc3)c3c4c(sc3n2)CCC4)ccc1-n1cnc(C)c1. The van der Waals surface area contributed by atoms with Gasteiger partial charge < -0.3 is 14.6 Å². The lowest BCUT2D eigenvalue weighted by Crippen LogP contribution is -2.04. The number of hydrogen-bond donors (Lipinski definition) is 1. The van der Waals surface area contributed by atoms with Gasteiger partial charge in [-0.2, -0.15) is 0 Å². The van der Waals surface area contributed by atoms with Crippen LogP contribution in [0.4, 0.5) is 5.82 Å². The topological polar surface area (TPSA) is 64.9 Å². The summed E-state index contributed by atoms with van der Waals surface area (Å²) in [6.07, 6.45) is 11.3. The molecule has 5 aromatic rings. The number of fused-ring (bicyclic) bond motifs is 3. The fraction of sp³-hybridized carbons (Fsp3) is 0.207. The van der Waals surface area contributed by atoms with Crippen LogP contribution in [0.25, 0.3) is 28.1 Å². The van der Waals surface area contributed by atoms with E-state index in [-0.39, 0.29) is 0 Å². The number of aromatic nitrogens is 4. The molecular formula is C29H27N5OS. The van der Waals surface area contributed by atoms with Crippen molar-refractivity contribution in [3.05, 3.63) is 94.1 Å². The van der Waals surface area contributed by atoms with E-state index in [1.165, 1.54) is 27.8 Å². The Kier molecular flexibility index (Phi) is 5.99. The fourth-order valence-corrected chi connectivity index (χ4v) is 6.00. The smallest absolute Gasteiger partial charge is 0.155 e. The van der Waals surface area contributed by atoms with Crippen LogP contribution < -0.4 is 10.1 Å². The largest absolute Gasteiger partial charge is 0.495 e. The molecular weight excluding hydrogens is 466 g/mol. The summed E-state index contributed by atoms with van der Waals surface area (Å²) in [5, 5.41) is 4.79. The van der Waals surface area contributed by atoms with Gasteiger partial charge in [0, 0.05) is 17.6 Å². The molecule has 6 nitrogen and oxygen atoms in total. The number of ether oxygens (including phenoxy) is 1. The number of nitrogens with zero attached hydrogens (tertiary/aromatic N) is 4. The Morgan fingerprint density at radius 1 is 1.08 bits per heavy atom. The molecule has 0 fully saturated rings. The van der Waals surface area contributed by atoms with Crippen molar-refractivity contribution in [2.75, 3.05) is 12.4 Å². The first-order valence-electron chi connectivity index (χ1n) is 12.1. The molecule has 1 aliphatic carbocycles. The van der Waals surface area contributed by atoms with Crippen molar-refractivity contribution in [3.8, 4) is 11.4 Å². The summed E-state index contributed by atoms with van der Waals surface area (Å²) < 4.78 is 7.64. The van der Waals surface area contributed by atoms with Gasteiger partial charge in [0.15, 0.2) is 5.82 Å². The van der Waals surface area contributed by atoms with Gasteiger partial charge in [0.1, 0.15) is 16.4 Å². The third-order valence-electron chi connectivity index (χ3n) is 6.50. The summed E-state index contributed by atoms with van der Waals surface area (Å²) in [4.78, 5) is 16.7. The maximum atomic E-state index is 5.67. The summed E-state index contributed by atoms with van der Waals surface area (Å²) in [7, 11) is 1.69. The molecule has 3 heterocycles. The molecule has 6 rings (SSSR count). The lowest BCUT2D eigenvalue weighted by molar-refractivity contribution is 0.413. The van der Waals surface area contributed by atoms with E-state index in [0.29, 0.717) is 5.82 Å². The Bertz CT molecular complexity index is 1570. The Hall–Kier alpha value is -3.97. The quantitative estimate of drug-likeness (QED) is 0.282. The highest BCUT2D eigenvalue weighted by molar-refractivity contribution is 7.19. The van der Waals surface area contributed by atoms with Gasteiger partial charge >= 0.3 is 0 Å². The van der Waals surface area contributed by atoms with E-state index < -0.39 is 0 Å². The molecule has 0 radical (unpaired) electrons. The lowest BCUT2D eigenvalue weighted by atomic mass is 10.1. The minimum absolute atomic E-state index is 0.700. The highest BCUT2D eigenvalue weighted by Gasteiger charge is 2.22. The monoisotopic (exact) mass is 493 g/mol. The van der Waals surface area contributed by atoms with Crippen LogP contribution in [0, 0.1) is 6.92 Å². The standard InChI is InChI=1S/C29H27N5OS/c1-19-17-34(18-31-19)23-13-11-20(15-24(23)35-2)12-14-26-32-28(30-16-21-7-4-3-5-8-21)27-22-9-6-10-25(22)36-29(27)33-26/h3-5,7-8,11-15,17-18H,6,9-10,16H2,1-2H3,(H,30,32,33)/b14-12+. The molecule has 3 aromatic heterocycles. The van der Waals surface area contributed by atoms with E-state index in [1.807, 2.05) is 59.4 Å². The van der Waals surface area contributed by atoms with Crippen LogP contribution >= 0.6 is 11.3 Å². The second-order valence-electron chi connectivity index (χ2n) is 8.99. The summed E-state index contributed by atoms with van der Waals surface area (Å²) >= 11 is 1.81. The second-order valence-corrected chi connectivity index (χ2v) is 10.1. The molecule has 0 spiro atoms. The molecule has 0 saturated heterocycles. The number of imidazole rings is 1. The minimum Gasteiger partial charge on any atom is -0.495 e. The first-order valence-corrected chi connectivity index (χ1v) is 13.0. The van der Waals surface area contributed by atoms with E-state index in [2.05, 4.69) is 40.6 Å². The van der Waals surface area contributed by atoms with E-state index in [0.717, 1.165) is 52.7 Å². The number of methoxy groups -OCH3 is 1. The molecule has 0 bridgehead atoms. The maximum Gasteiger partial charge on any atom is 0.155 e. The van der Waals surface area contributed by atoms with Crippen LogP contribution in [0.1, 0.15) is 39.5 Å². The van der Waals surface area contributed by atoms with Gasteiger partial charge in [0.2, 0.25) is 0 Å². The van der Waals surface area contributed by atoms with E-state index in [1.54, 1.807) is 13.4 Å². The Balaban J connectivity index is 1.32. The Morgan fingerprint density at radius 3 is 2.78 bits per heavy atom. The number of aryl methyl sites for hydroxylation is 3. The summed E-state index contributed by atoms with van der Waals surface area (Å²) in [6, 6.07) is 16.6. The van der Waals surface area contributed by atoms with Gasteiger partial charge in [-0.1, -0.05) is 42.5 Å². The Labute approximate surface area is 214 Å². The zero-order valence-electron chi connectivity index (χ0n) is 20.4. The molecule has 7 heteroatoms. The summed E-state index contributed by atoms with van der Waals surface area (Å²) in [5.74, 6) is 2.41. The van der Waals surface area contributed by atoms with Crippen molar-refractivity contribution < 1.29 is 4.74 Å². The maximum absolute atomic E-state index is 5.67. The zero-order chi connectivity index (χ0) is 24.5. The number of nitrogens with one attached hydrogen (secondary N) is 1. The predicted molar refractivity (Wildman–Crippen MR) is 147 cm³/mol. The average Bonchev–Trinajstić information content (AvgIpc) is 3.62. The molecule has 0 atom stereocenters. The molecule has 1 N–H and O–H groups in total. The van der Waals surface area contributed by atoms with Gasteiger partial charge in [0.05, 0.1) is 30.2 Å². The first kappa shape index (κ1) is 22.5. The van der Waals surface area contributed by atoms with Crippen molar-refractivity contribution in [2.45, 2.75) is 32.7 Å². The third kappa shape index (κ3) is 4.38. The first-order chi connectivity index (χ1) is 17.7. The van der Waals surface area contributed by atoms with Crippen molar-refractivity contribution in [2.24, 2.45) is 0 Å². The van der Waals surface area contributed by atoms with Crippen molar-refractivity contribution in [3.63, 3.8) is 0 Å². The highest BCUT2D eigenvalue weighted by atomic mass is 32.1. The van der Waals surface area contributed by atoms with E-state index in [4.69, 9.17) is 14.7 Å². The van der Waals surface area contributed by atoms with Crippen LogP contribution in [-0.2, 0) is 19.4 Å². The molecule has 0 saturated carbocycles. The van der Waals surface area contributed by atoms with Gasteiger partial charge in [-0.15, -0.1) is 11.3 Å². The minimum atomic E-state index is 0.700. The van der Waals surface area contributed by atoms with Gasteiger partial charge in [-0.25, -0.2) is 15.0 Å². The predicted octanol–water partition coefficient (Wildman–Crippen LogP) is 6.47. The lowest BCUT2D eigenvalue weighted by Gasteiger charge is -2.10. The molecule has 0 amide bonds. The van der Waals surface area contributed by atoms with Crippen LogP contribution in [-0.4, -0.2) is 26.6 Å². The number of hydrogen-bond acceptors (Lipinski definition) is 6. The van der Waals surface area contributed by atoms with Gasteiger partial charge in [-0.05, 0) is 61.1 Å². The number of benzene rings is 2. The summed E-state index contributed by atoms with van der Waals surface area (Å²) in [6.45, 7) is 2.70. The fourth-order valence-electron chi connectivity index (χ4n) is 4.73. The molecule has 36 heavy (non-hydrogen) atoms. The highest BCUT2D eigenvalue weighted by Crippen LogP contribution is 2.39. The number of rotatable bonds is 7. The molecule has 0 unspecified atom stereocenters. The molecule has 1 aliphatic rings. The third-order valence-corrected chi connectivity index (χ3v) is 7.69.